The first-order chi connectivity index (χ1) is 20.9. The summed E-state index contributed by atoms with van der Waals surface area (Å²) in [5.41, 5.74) is 1.89. The molecule has 1 aliphatic carbocycles. The number of carbonyl (C=O) groups is 2. The molecule has 3 N–H and O–H groups in total. The van der Waals surface area contributed by atoms with Gasteiger partial charge in [-0.1, -0.05) is 0 Å². The molecule has 6 rings (SSSR count). The molecule has 1 aromatic heterocycles. The van der Waals surface area contributed by atoms with Crippen LogP contribution < -0.4 is 25.6 Å². The lowest BCUT2D eigenvalue weighted by Crippen LogP contribution is -2.44. The van der Waals surface area contributed by atoms with Gasteiger partial charge in [-0.25, -0.2) is 9.37 Å². The van der Waals surface area contributed by atoms with Crippen molar-refractivity contribution >= 4 is 40.5 Å². The molecule has 1 aliphatic heterocycles. The number of anilines is 5. The van der Waals surface area contributed by atoms with E-state index in [-0.39, 0.29) is 5.91 Å². The van der Waals surface area contributed by atoms with Crippen molar-refractivity contribution in [1.82, 2.24) is 14.9 Å². The van der Waals surface area contributed by atoms with Crippen molar-refractivity contribution in [3.8, 4) is 11.6 Å². The molecule has 11 heteroatoms. The lowest BCUT2D eigenvalue weighted by molar-refractivity contribution is -0.131. The van der Waals surface area contributed by atoms with Crippen LogP contribution >= 0.6 is 0 Å². The number of hydrogen-bond donors (Lipinski definition) is 3. The third-order valence-electron chi connectivity index (χ3n) is 7.68. The highest BCUT2D eigenvalue weighted by molar-refractivity contribution is 6.16. The Labute approximate surface area is 248 Å². The number of amides is 2. The highest BCUT2D eigenvalue weighted by Gasteiger charge is 2.56. The zero-order valence-corrected chi connectivity index (χ0v) is 23.7. The molecule has 3 aromatic carbocycles. The Bertz CT molecular complexity index is 1590. The van der Waals surface area contributed by atoms with Crippen LogP contribution in [0.25, 0.3) is 0 Å². The second kappa shape index (κ2) is 12.1. The number of halogens is 1. The first-order valence-corrected chi connectivity index (χ1v) is 14.2. The minimum atomic E-state index is -1.14. The number of benzene rings is 3. The van der Waals surface area contributed by atoms with Gasteiger partial charge in [0.1, 0.15) is 17.0 Å². The maximum absolute atomic E-state index is 13.2. The highest BCUT2D eigenvalue weighted by Crippen LogP contribution is 2.47. The van der Waals surface area contributed by atoms with E-state index in [1.54, 1.807) is 36.5 Å². The van der Waals surface area contributed by atoms with E-state index in [9.17, 15) is 14.0 Å². The molecule has 2 heterocycles. The predicted molar refractivity (Wildman–Crippen MR) is 163 cm³/mol. The number of hydrogen-bond acceptors (Lipinski definition) is 8. The van der Waals surface area contributed by atoms with Crippen LogP contribution in [0.15, 0.2) is 85.1 Å². The number of piperazine rings is 1. The summed E-state index contributed by atoms with van der Waals surface area (Å²) in [5, 5.41) is 8.74. The standard InChI is InChI=1S/C32H32FN7O3/c1-39-18-20-40(21-19-39)26-10-6-25(7-11-26)37-31-34-17-14-28(38-31)43-27-12-8-24(9-13-27)36-30(42)32(15-16-32)29(41)35-23-4-2-22(33)3-5-23/h2-14,17H,15-16,18-21H2,1H3,(H,35,41)(H,36,42)(H,34,37,38). The Kier molecular flexibility index (Phi) is 7.89. The second-order valence-corrected chi connectivity index (χ2v) is 10.8. The smallest absolute Gasteiger partial charge is 0.240 e. The summed E-state index contributed by atoms with van der Waals surface area (Å²) in [6, 6.07) is 22.1. The fraction of sp³-hybridized carbons (Fsp3) is 0.250. The van der Waals surface area contributed by atoms with Crippen molar-refractivity contribution in [3.63, 3.8) is 0 Å². The number of carbonyl (C=O) groups excluding carboxylic acids is 2. The lowest BCUT2D eigenvalue weighted by Gasteiger charge is -2.34. The first kappa shape index (κ1) is 28.1. The van der Waals surface area contributed by atoms with Crippen molar-refractivity contribution in [1.29, 1.82) is 0 Å². The van der Waals surface area contributed by atoms with Gasteiger partial charge in [-0.3, -0.25) is 9.59 Å². The molecule has 2 aliphatic rings. The molecule has 0 bridgehead atoms. The molecule has 220 valence electrons. The van der Waals surface area contributed by atoms with Crippen LogP contribution in [-0.2, 0) is 9.59 Å². The molecule has 0 unspecified atom stereocenters. The molecule has 1 saturated heterocycles. The minimum absolute atomic E-state index is 0.359. The van der Waals surface area contributed by atoms with Gasteiger partial charge in [0.05, 0.1) is 0 Å². The topological polar surface area (TPSA) is 112 Å². The molecular weight excluding hydrogens is 549 g/mol. The predicted octanol–water partition coefficient (Wildman–Crippen LogP) is 5.26. The maximum atomic E-state index is 13.2. The number of ether oxygens (including phenoxy) is 1. The van der Waals surface area contributed by atoms with Gasteiger partial charge in [-0.05, 0) is 92.7 Å². The normalized spacial score (nSPS) is 15.8. The molecule has 0 radical (unpaired) electrons. The molecule has 2 amide bonds. The van der Waals surface area contributed by atoms with E-state index >= 15 is 0 Å². The monoisotopic (exact) mass is 581 g/mol. The van der Waals surface area contributed by atoms with Crippen molar-refractivity contribution in [3.05, 3.63) is 90.9 Å². The number of aromatic nitrogens is 2. The molecule has 0 atom stereocenters. The van der Waals surface area contributed by atoms with Gasteiger partial charge in [-0.2, -0.15) is 4.98 Å². The van der Waals surface area contributed by atoms with Crippen LogP contribution in [-0.4, -0.2) is 59.9 Å². The number of likely N-dealkylation sites (N-methyl/N-ethyl adjacent to an activating group) is 1. The van der Waals surface area contributed by atoms with Crippen molar-refractivity contribution in [2.75, 3.05) is 54.1 Å². The van der Waals surface area contributed by atoms with Crippen molar-refractivity contribution < 1.29 is 18.7 Å². The summed E-state index contributed by atoms with van der Waals surface area (Å²) >= 11 is 0. The van der Waals surface area contributed by atoms with Crippen LogP contribution in [0.5, 0.6) is 11.6 Å². The zero-order chi connectivity index (χ0) is 29.8. The molecule has 43 heavy (non-hydrogen) atoms. The Morgan fingerprint density at radius 1 is 0.791 bits per heavy atom. The molecule has 2 fully saturated rings. The average Bonchev–Trinajstić information content (AvgIpc) is 3.83. The minimum Gasteiger partial charge on any atom is -0.439 e. The zero-order valence-electron chi connectivity index (χ0n) is 23.7. The van der Waals surface area contributed by atoms with E-state index in [1.165, 1.54) is 30.0 Å². The van der Waals surface area contributed by atoms with Crippen molar-refractivity contribution in [2.45, 2.75) is 12.8 Å². The quantitative estimate of drug-likeness (QED) is 0.230. The van der Waals surface area contributed by atoms with Gasteiger partial charge < -0.3 is 30.5 Å². The Hall–Kier alpha value is -5.03. The lowest BCUT2D eigenvalue weighted by atomic mass is 10.0. The third-order valence-corrected chi connectivity index (χ3v) is 7.68. The van der Waals surface area contributed by atoms with E-state index < -0.39 is 17.1 Å². The second-order valence-electron chi connectivity index (χ2n) is 10.8. The van der Waals surface area contributed by atoms with E-state index in [1.807, 2.05) is 12.1 Å². The van der Waals surface area contributed by atoms with Gasteiger partial charge in [0.2, 0.25) is 23.6 Å². The van der Waals surface area contributed by atoms with Crippen LogP contribution in [0.1, 0.15) is 12.8 Å². The molecule has 0 spiro atoms. The van der Waals surface area contributed by atoms with Crippen molar-refractivity contribution in [2.24, 2.45) is 5.41 Å². The van der Waals surface area contributed by atoms with E-state index in [0.717, 1.165) is 31.9 Å². The molecule has 10 nitrogen and oxygen atoms in total. The highest BCUT2D eigenvalue weighted by atomic mass is 19.1. The summed E-state index contributed by atoms with van der Waals surface area (Å²) in [7, 11) is 2.14. The fourth-order valence-corrected chi connectivity index (χ4v) is 4.85. The summed E-state index contributed by atoms with van der Waals surface area (Å²) in [5.74, 6) is 0.0950. The summed E-state index contributed by atoms with van der Waals surface area (Å²) in [6.45, 7) is 4.13. The maximum Gasteiger partial charge on any atom is 0.240 e. The SMILES string of the molecule is CN1CCN(c2ccc(Nc3nccc(Oc4ccc(NC(=O)C5(C(=O)Nc6ccc(F)cc6)CC5)cc4)n3)cc2)CC1. The van der Waals surface area contributed by atoms with Gasteiger partial charge in [0.15, 0.2) is 0 Å². The van der Waals surface area contributed by atoms with Gasteiger partial charge in [-0.15, -0.1) is 0 Å². The van der Waals surface area contributed by atoms with E-state index in [4.69, 9.17) is 4.74 Å². The fourth-order valence-electron chi connectivity index (χ4n) is 4.85. The van der Waals surface area contributed by atoms with Crippen LogP contribution in [0.2, 0.25) is 0 Å². The Morgan fingerprint density at radius 3 is 1.98 bits per heavy atom. The summed E-state index contributed by atoms with van der Waals surface area (Å²) in [4.78, 5) is 39.2. The summed E-state index contributed by atoms with van der Waals surface area (Å²) in [6.07, 6.45) is 2.50. The molecule has 1 saturated carbocycles. The number of nitrogens with one attached hydrogen (secondary N) is 3. The van der Waals surface area contributed by atoms with Gasteiger partial charge in [0.25, 0.3) is 0 Å². The van der Waals surface area contributed by atoms with Crippen LogP contribution in [0, 0.1) is 11.2 Å². The van der Waals surface area contributed by atoms with E-state index in [0.29, 0.717) is 41.8 Å². The van der Waals surface area contributed by atoms with Crippen LogP contribution in [0.4, 0.5) is 33.1 Å². The third kappa shape index (κ3) is 6.73. The van der Waals surface area contributed by atoms with Crippen LogP contribution in [0.3, 0.4) is 0 Å². The number of nitrogens with zero attached hydrogens (tertiary/aromatic N) is 4. The van der Waals surface area contributed by atoms with E-state index in [2.05, 4.69) is 54.9 Å². The number of rotatable bonds is 9. The average molecular weight is 582 g/mol. The molecular formula is C32H32FN7O3. The first-order valence-electron chi connectivity index (χ1n) is 14.2. The Morgan fingerprint density at radius 2 is 1.37 bits per heavy atom. The van der Waals surface area contributed by atoms with Gasteiger partial charge in [0, 0.05) is 61.2 Å². The Balaban J connectivity index is 1.02. The largest absolute Gasteiger partial charge is 0.439 e. The molecule has 4 aromatic rings. The summed E-state index contributed by atoms with van der Waals surface area (Å²) < 4.78 is 19.1. The van der Waals surface area contributed by atoms with Gasteiger partial charge >= 0.3 is 0 Å².